The number of urea groups is 1. The molecule has 0 bridgehead atoms. The first-order valence-electron chi connectivity index (χ1n) is 6.47. The van der Waals surface area contributed by atoms with Crippen molar-refractivity contribution in [2.24, 2.45) is 0 Å². The molecule has 2 N–H and O–H groups in total. The lowest BCUT2D eigenvalue weighted by Gasteiger charge is -2.21. The Morgan fingerprint density at radius 1 is 1.32 bits per heavy atom. The summed E-state index contributed by atoms with van der Waals surface area (Å²) in [5.74, 6) is -1.01. The van der Waals surface area contributed by atoms with Crippen molar-refractivity contribution >= 4 is 17.7 Å². The average molecular weight is 264 g/mol. The Morgan fingerprint density at radius 3 is 2.63 bits per heavy atom. The molecule has 0 aliphatic heterocycles. The van der Waals surface area contributed by atoms with Crippen molar-refractivity contribution < 1.29 is 14.7 Å². The molecule has 0 unspecified atom stereocenters. The van der Waals surface area contributed by atoms with Crippen molar-refractivity contribution in [3.05, 3.63) is 29.8 Å². The number of unbranched alkanes of at least 4 members (excludes halogenated alkanes) is 1. The van der Waals surface area contributed by atoms with E-state index in [1.165, 1.54) is 12.1 Å². The largest absolute Gasteiger partial charge is 0.478 e. The summed E-state index contributed by atoms with van der Waals surface area (Å²) < 4.78 is 0. The Hall–Kier alpha value is -2.04. The van der Waals surface area contributed by atoms with Gasteiger partial charge in [0, 0.05) is 18.8 Å². The summed E-state index contributed by atoms with van der Waals surface area (Å²) in [7, 11) is 0. The Morgan fingerprint density at radius 2 is 2.05 bits per heavy atom. The highest BCUT2D eigenvalue weighted by atomic mass is 16.4. The van der Waals surface area contributed by atoms with Gasteiger partial charge in [0.1, 0.15) is 0 Å². The van der Waals surface area contributed by atoms with Crippen LogP contribution in [0.2, 0.25) is 0 Å². The SMILES string of the molecule is CCCCN(CC)C(=O)Nc1cccc(C(=O)O)c1. The second kappa shape index (κ2) is 7.41. The molecule has 0 aromatic heterocycles. The van der Waals surface area contributed by atoms with E-state index in [9.17, 15) is 9.59 Å². The van der Waals surface area contributed by atoms with Crippen LogP contribution in [0.3, 0.4) is 0 Å². The van der Waals surface area contributed by atoms with Crippen molar-refractivity contribution in [3.8, 4) is 0 Å². The highest BCUT2D eigenvalue weighted by Crippen LogP contribution is 2.11. The number of rotatable bonds is 6. The maximum atomic E-state index is 12.0. The molecule has 1 aromatic rings. The molecule has 0 spiro atoms. The summed E-state index contributed by atoms with van der Waals surface area (Å²) in [4.78, 5) is 24.6. The molecule has 1 rings (SSSR count). The minimum absolute atomic E-state index is 0.161. The highest BCUT2D eigenvalue weighted by Gasteiger charge is 2.11. The van der Waals surface area contributed by atoms with E-state index in [2.05, 4.69) is 12.2 Å². The first kappa shape index (κ1) is 15.0. The fraction of sp³-hybridized carbons (Fsp3) is 0.429. The molecule has 0 saturated carbocycles. The second-order valence-electron chi connectivity index (χ2n) is 4.25. The lowest BCUT2D eigenvalue weighted by molar-refractivity contribution is 0.0697. The van der Waals surface area contributed by atoms with Gasteiger partial charge in [-0.15, -0.1) is 0 Å². The Balaban J connectivity index is 2.69. The molecule has 0 heterocycles. The lowest BCUT2D eigenvalue weighted by atomic mass is 10.2. The number of amides is 2. The number of carboxylic acids is 1. The van der Waals surface area contributed by atoms with Crippen LogP contribution in [0, 0.1) is 0 Å². The Labute approximate surface area is 113 Å². The molecule has 0 radical (unpaired) electrons. The van der Waals surface area contributed by atoms with Crippen LogP contribution in [0.5, 0.6) is 0 Å². The van der Waals surface area contributed by atoms with Crippen LogP contribution >= 0.6 is 0 Å². The van der Waals surface area contributed by atoms with Crippen molar-refractivity contribution in [3.63, 3.8) is 0 Å². The molecule has 5 nitrogen and oxygen atoms in total. The summed E-state index contributed by atoms with van der Waals surface area (Å²) in [6.07, 6.45) is 1.98. The van der Waals surface area contributed by atoms with Gasteiger partial charge in [0.25, 0.3) is 0 Å². The molecular weight excluding hydrogens is 244 g/mol. The van der Waals surface area contributed by atoms with Gasteiger partial charge in [-0.25, -0.2) is 9.59 Å². The van der Waals surface area contributed by atoms with Gasteiger partial charge in [-0.1, -0.05) is 19.4 Å². The van der Waals surface area contributed by atoms with Crippen LogP contribution in [0.4, 0.5) is 10.5 Å². The fourth-order valence-electron chi connectivity index (χ4n) is 1.68. The predicted octanol–water partition coefficient (Wildman–Crippen LogP) is 3.04. The van der Waals surface area contributed by atoms with Gasteiger partial charge in [-0.3, -0.25) is 0 Å². The fourth-order valence-corrected chi connectivity index (χ4v) is 1.68. The van der Waals surface area contributed by atoms with Crippen LogP contribution in [0.15, 0.2) is 24.3 Å². The summed E-state index contributed by atoms with van der Waals surface area (Å²) in [6, 6.07) is 6.04. The number of nitrogens with one attached hydrogen (secondary N) is 1. The van der Waals surface area contributed by atoms with Crippen molar-refractivity contribution in [2.45, 2.75) is 26.7 Å². The molecular formula is C14H20N2O3. The Bertz CT molecular complexity index is 446. The number of hydrogen-bond acceptors (Lipinski definition) is 2. The quantitative estimate of drug-likeness (QED) is 0.829. The smallest absolute Gasteiger partial charge is 0.335 e. The maximum absolute atomic E-state index is 12.0. The zero-order valence-electron chi connectivity index (χ0n) is 11.3. The van der Waals surface area contributed by atoms with Crippen LogP contribution < -0.4 is 5.32 Å². The molecule has 19 heavy (non-hydrogen) atoms. The number of carboxylic acid groups (broad SMARTS) is 1. The highest BCUT2D eigenvalue weighted by molar-refractivity contribution is 5.93. The molecule has 0 aliphatic carbocycles. The normalized spacial score (nSPS) is 10.0. The topological polar surface area (TPSA) is 69.6 Å². The van der Waals surface area contributed by atoms with E-state index in [1.54, 1.807) is 17.0 Å². The van der Waals surface area contributed by atoms with Gasteiger partial charge in [0.05, 0.1) is 5.56 Å². The van der Waals surface area contributed by atoms with Crippen molar-refractivity contribution in [1.82, 2.24) is 4.90 Å². The third-order valence-electron chi connectivity index (χ3n) is 2.81. The number of nitrogens with zero attached hydrogens (tertiary/aromatic N) is 1. The number of benzene rings is 1. The van der Waals surface area contributed by atoms with Crippen LogP contribution in [0.25, 0.3) is 0 Å². The number of carbonyl (C=O) groups is 2. The number of anilines is 1. The van der Waals surface area contributed by atoms with E-state index in [-0.39, 0.29) is 11.6 Å². The first-order chi connectivity index (χ1) is 9.08. The average Bonchev–Trinajstić information content (AvgIpc) is 2.40. The number of hydrogen-bond donors (Lipinski definition) is 2. The third-order valence-corrected chi connectivity index (χ3v) is 2.81. The van der Waals surface area contributed by atoms with Gasteiger partial charge in [0.15, 0.2) is 0 Å². The molecule has 2 amide bonds. The van der Waals surface area contributed by atoms with E-state index < -0.39 is 5.97 Å². The molecule has 1 aromatic carbocycles. The standard InChI is InChI=1S/C14H20N2O3/c1-3-5-9-16(4-2)14(19)15-12-8-6-7-11(10-12)13(17)18/h6-8,10H,3-5,9H2,1-2H3,(H,15,19)(H,17,18). The van der Waals surface area contributed by atoms with Crippen molar-refractivity contribution in [2.75, 3.05) is 18.4 Å². The maximum Gasteiger partial charge on any atom is 0.335 e. The second-order valence-corrected chi connectivity index (χ2v) is 4.25. The molecule has 104 valence electrons. The summed E-state index contributed by atoms with van der Waals surface area (Å²) >= 11 is 0. The molecule has 0 atom stereocenters. The third kappa shape index (κ3) is 4.62. The van der Waals surface area contributed by atoms with Gasteiger partial charge in [-0.05, 0) is 31.5 Å². The molecule has 0 saturated heterocycles. The van der Waals surface area contributed by atoms with E-state index >= 15 is 0 Å². The molecule has 0 fully saturated rings. The van der Waals surface area contributed by atoms with Gasteiger partial charge >= 0.3 is 12.0 Å². The van der Waals surface area contributed by atoms with Crippen LogP contribution in [-0.2, 0) is 0 Å². The zero-order valence-corrected chi connectivity index (χ0v) is 11.3. The van der Waals surface area contributed by atoms with E-state index in [1.807, 2.05) is 6.92 Å². The van der Waals surface area contributed by atoms with Gasteiger partial charge in [-0.2, -0.15) is 0 Å². The summed E-state index contributed by atoms with van der Waals surface area (Å²) in [5.41, 5.74) is 0.661. The van der Waals surface area contributed by atoms with E-state index in [0.717, 1.165) is 12.8 Å². The summed E-state index contributed by atoms with van der Waals surface area (Å²) in [5, 5.41) is 11.6. The first-order valence-corrected chi connectivity index (χ1v) is 6.47. The van der Waals surface area contributed by atoms with Gasteiger partial charge in [0.2, 0.25) is 0 Å². The minimum Gasteiger partial charge on any atom is -0.478 e. The number of carbonyl (C=O) groups excluding carboxylic acids is 1. The van der Waals surface area contributed by atoms with E-state index in [0.29, 0.717) is 18.8 Å². The zero-order chi connectivity index (χ0) is 14.3. The predicted molar refractivity (Wildman–Crippen MR) is 74.6 cm³/mol. The lowest BCUT2D eigenvalue weighted by Crippen LogP contribution is -2.35. The minimum atomic E-state index is -1.01. The molecule has 0 aliphatic rings. The van der Waals surface area contributed by atoms with Gasteiger partial charge < -0.3 is 15.3 Å². The van der Waals surface area contributed by atoms with E-state index in [4.69, 9.17) is 5.11 Å². The summed E-state index contributed by atoms with van der Waals surface area (Å²) in [6.45, 7) is 5.33. The Kier molecular flexibility index (Phi) is 5.85. The van der Waals surface area contributed by atoms with Crippen molar-refractivity contribution in [1.29, 1.82) is 0 Å². The van der Waals surface area contributed by atoms with Crippen LogP contribution in [-0.4, -0.2) is 35.1 Å². The van der Waals surface area contributed by atoms with Crippen LogP contribution in [0.1, 0.15) is 37.0 Å². The number of aromatic carboxylic acids is 1. The monoisotopic (exact) mass is 264 g/mol. The molecule has 5 heteroatoms.